The number of rotatable bonds is 9. The molecule has 0 unspecified atom stereocenters. The molecular weight excluding hydrogens is 960 g/mol. The van der Waals surface area contributed by atoms with Crippen molar-refractivity contribution in [1.82, 2.24) is 9.13 Å². The Hall–Kier alpha value is -3.92. The van der Waals surface area contributed by atoms with Crippen molar-refractivity contribution in [1.29, 1.82) is 0 Å². The van der Waals surface area contributed by atoms with Crippen LogP contribution in [0.4, 0.5) is 23.0 Å². The fraction of sp³-hybridized carbons (Fsp3) is 0.0833. The van der Waals surface area contributed by atoms with E-state index in [-0.39, 0.29) is 10.5 Å². The van der Waals surface area contributed by atoms with Crippen molar-refractivity contribution < 1.29 is 0 Å². The average molecular weight is 992 g/mol. The van der Waals surface area contributed by atoms with Gasteiger partial charge in [0.15, 0.2) is 7.91 Å². The lowest BCUT2D eigenvalue weighted by atomic mass is 10.0. The van der Waals surface area contributed by atoms with E-state index in [9.17, 15) is 0 Å². The van der Waals surface area contributed by atoms with Gasteiger partial charge in [-0.2, -0.15) is 0 Å². The van der Waals surface area contributed by atoms with Crippen LogP contribution >= 0.6 is 118 Å². The molecule has 0 spiro atoms. The zero-order valence-electron chi connectivity index (χ0n) is 32.4. The summed E-state index contributed by atoms with van der Waals surface area (Å²) < 4.78 is 7.44. The lowest BCUT2D eigenvalue weighted by Crippen LogP contribution is -2.29. The Morgan fingerprint density at radius 3 is 1.13 bits per heavy atom. The van der Waals surface area contributed by atoms with Crippen molar-refractivity contribution in [3.8, 4) is 11.4 Å². The summed E-state index contributed by atoms with van der Waals surface area (Å²) >= 11 is 43.7. The molecule has 6 aromatic carbocycles. The monoisotopic (exact) mass is 990 g/mol. The molecule has 2 atom stereocenters. The highest BCUT2D eigenvalue weighted by Crippen LogP contribution is 2.54. The van der Waals surface area contributed by atoms with Crippen molar-refractivity contribution in [2.75, 3.05) is 9.80 Å². The second-order valence-electron chi connectivity index (χ2n) is 14.6. The molecule has 4 nitrogen and oxygen atoms in total. The van der Waals surface area contributed by atoms with Gasteiger partial charge in [-0.15, -0.1) is 22.7 Å². The normalized spacial score (nSPS) is 16.0. The minimum absolute atomic E-state index is 0.000117. The van der Waals surface area contributed by atoms with Gasteiger partial charge >= 0.3 is 0 Å². The van der Waals surface area contributed by atoms with Crippen LogP contribution < -0.4 is 9.80 Å². The van der Waals surface area contributed by atoms with Crippen LogP contribution in [0.15, 0.2) is 158 Å². The van der Waals surface area contributed by atoms with Gasteiger partial charge in [0.05, 0.1) is 20.3 Å². The fourth-order valence-electron chi connectivity index (χ4n) is 7.80. The minimum atomic E-state index is 0.000117. The van der Waals surface area contributed by atoms with E-state index in [0.717, 1.165) is 84.7 Å². The molecule has 0 amide bonds. The number of thiazole rings is 2. The third-order valence-corrected chi connectivity index (χ3v) is 17.6. The quantitative estimate of drug-likeness (QED) is 0.131. The molecule has 4 heterocycles. The first kappa shape index (κ1) is 42.1. The Kier molecular flexibility index (Phi) is 12.2. The molecule has 2 aromatic heterocycles. The Morgan fingerprint density at radius 2 is 0.774 bits per heavy atom. The molecule has 0 fully saturated rings. The van der Waals surface area contributed by atoms with Crippen LogP contribution in [0.25, 0.3) is 11.4 Å². The molecule has 2 aliphatic rings. The van der Waals surface area contributed by atoms with Crippen LogP contribution in [0.3, 0.4) is 0 Å². The van der Waals surface area contributed by atoms with Gasteiger partial charge in [-0.3, -0.25) is 18.9 Å². The van der Waals surface area contributed by atoms with Gasteiger partial charge in [-0.1, -0.05) is 156 Å². The van der Waals surface area contributed by atoms with Crippen LogP contribution in [0, 0.1) is 7.91 Å². The second-order valence-corrected chi connectivity index (χ2v) is 22.3. The molecule has 2 aliphatic heterocycles. The van der Waals surface area contributed by atoms with Crippen LogP contribution in [-0.2, 0) is 12.8 Å². The maximum Gasteiger partial charge on any atom is 0.167 e. The third-order valence-electron chi connectivity index (χ3n) is 10.8. The van der Waals surface area contributed by atoms with E-state index in [1.165, 1.54) is 11.1 Å². The van der Waals surface area contributed by atoms with Crippen LogP contribution in [0.1, 0.15) is 42.5 Å². The van der Waals surface area contributed by atoms with Gasteiger partial charge < -0.3 is 0 Å². The summed E-state index contributed by atoms with van der Waals surface area (Å²) in [6, 6.07) is 54.2. The van der Waals surface area contributed by atoms with E-state index in [4.69, 9.17) is 72.1 Å². The molecule has 306 valence electrons. The van der Waals surface area contributed by atoms with E-state index in [2.05, 4.69) is 116 Å². The number of benzene rings is 6. The van der Waals surface area contributed by atoms with Gasteiger partial charge in [0.25, 0.3) is 0 Å². The molecule has 8 aromatic rings. The number of thioether (sulfide) groups is 2. The zero-order valence-corrected chi connectivity index (χ0v) is 40.4. The Morgan fingerprint density at radius 1 is 0.419 bits per heavy atom. The largest absolute Gasteiger partial charge is 0.280 e. The number of nitrogens with zero attached hydrogens (tertiary/aromatic N) is 4. The summed E-state index contributed by atoms with van der Waals surface area (Å²) in [5.74, 6) is 1.98. The fourth-order valence-corrected chi connectivity index (χ4v) is 14.5. The highest BCUT2D eigenvalue weighted by molar-refractivity contribution is 8.24. The molecule has 0 N–H and O–H groups in total. The molecule has 0 saturated heterocycles. The Bertz CT molecular complexity index is 2860. The number of halogens is 2. The van der Waals surface area contributed by atoms with Crippen LogP contribution in [0.5, 0.6) is 0 Å². The van der Waals surface area contributed by atoms with Crippen molar-refractivity contribution >= 4 is 150 Å². The summed E-state index contributed by atoms with van der Waals surface area (Å²) in [5.41, 5.74) is 8.77. The topological polar surface area (TPSA) is 16.3 Å². The van der Waals surface area contributed by atoms with Gasteiger partial charge in [-0.25, -0.2) is 0 Å². The number of aryl methyl sites for hydroxylation is 2. The molecule has 0 saturated carbocycles. The van der Waals surface area contributed by atoms with E-state index < -0.39 is 0 Å². The van der Waals surface area contributed by atoms with Gasteiger partial charge in [0.2, 0.25) is 0 Å². The van der Waals surface area contributed by atoms with E-state index in [0.29, 0.717) is 10.0 Å². The highest BCUT2D eigenvalue weighted by Gasteiger charge is 2.38. The van der Waals surface area contributed by atoms with Crippen molar-refractivity contribution in [2.45, 2.75) is 23.3 Å². The van der Waals surface area contributed by atoms with Gasteiger partial charge in [0.1, 0.15) is 20.3 Å². The summed E-state index contributed by atoms with van der Waals surface area (Å²) in [7, 11) is 0. The Balaban J connectivity index is 0.926. The predicted molar refractivity (Wildman–Crippen MR) is 280 cm³/mol. The van der Waals surface area contributed by atoms with Crippen molar-refractivity contribution in [2.24, 2.45) is 0 Å². The standard InChI is InChI=1S/C48H32Cl2N4S8/c49-33-21-17-31(18-22-33)39-41-43(51(45(55)59-39)35-7-3-1-4-8-35)53(47(57)61-41)37-25-13-29(14-26-37)11-12-30-15-27-38(28-16-30)54-44-42(62-48(54)58)40(32-19-23-34(50)24-20-32)60-46(56)52(44)36-9-5-2-6-10-36/h1-10,13-28,39-40H,11-12H2/t39-,40-/m1/s1. The molecule has 0 radical (unpaired) electrons. The molecule has 62 heavy (non-hydrogen) atoms. The lowest BCUT2D eigenvalue weighted by Gasteiger charge is -2.34. The third kappa shape index (κ3) is 8.08. The van der Waals surface area contributed by atoms with Crippen molar-refractivity contribution in [3.05, 3.63) is 208 Å². The van der Waals surface area contributed by atoms with Crippen LogP contribution in [-0.4, -0.2) is 17.8 Å². The highest BCUT2D eigenvalue weighted by atomic mass is 35.5. The number of hydrogen-bond acceptors (Lipinski definition) is 8. The van der Waals surface area contributed by atoms with Gasteiger partial charge in [-0.05, 0) is 132 Å². The molecule has 0 aliphatic carbocycles. The maximum absolute atomic E-state index is 6.29. The summed E-state index contributed by atoms with van der Waals surface area (Å²) in [4.78, 5) is 6.64. The zero-order chi connectivity index (χ0) is 42.5. The average Bonchev–Trinajstić information content (AvgIpc) is 3.82. The number of para-hydroxylation sites is 2. The van der Waals surface area contributed by atoms with Crippen LogP contribution in [0.2, 0.25) is 10.0 Å². The Labute approximate surface area is 407 Å². The molecule has 0 bridgehead atoms. The summed E-state index contributed by atoms with van der Waals surface area (Å²) in [6.45, 7) is 0. The first-order chi connectivity index (χ1) is 30.2. The summed E-state index contributed by atoms with van der Waals surface area (Å²) in [5, 5.41) is 1.41. The number of anilines is 4. The lowest BCUT2D eigenvalue weighted by molar-refractivity contribution is 0.950. The van der Waals surface area contributed by atoms with Crippen molar-refractivity contribution in [3.63, 3.8) is 0 Å². The predicted octanol–water partition coefficient (Wildman–Crippen LogP) is 16.5. The molecule has 10 rings (SSSR count). The summed E-state index contributed by atoms with van der Waals surface area (Å²) in [6.07, 6.45) is 1.76. The minimum Gasteiger partial charge on any atom is -0.280 e. The smallest absolute Gasteiger partial charge is 0.167 e. The second kappa shape index (κ2) is 17.9. The van der Waals surface area contributed by atoms with E-state index in [1.54, 1.807) is 46.2 Å². The van der Waals surface area contributed by atoms with E-state index in [1.807, 2.05) is 60.7 Å². The number of thiocarbonyl (C=S) groups is 2. The first-order valence-corrected chi connectivity index (χ1v) is 25.3. The molecule has 14 heteroatoms. The number of aromatic nitrogens is 2. The number of fused-ring (bicyclic) bond motifs is 2. The SMILES string of the molecule is S=C1S[C@H](c2ccc(Cl)cc2)c2sc(=S)n(-c3ccc(CCc4ccc(-n5c6c(sc5=S)[C@@H](c5ccc(Cl)cc5)SC(=S)N6c5ccccc5)cc4)cc3)c2N1c1ccccc1. The number of hydrogen-bond donors (Lipinski definition) is 0. The first-order valence-electron chi connectivity index (χ1n) is 19.5. The maximum atomic E-state index is 6.29. The van der Waals surface area contributed by atoms with E-state index >= 15 is 0 Å². The molecular formula is C48H32Cl2N4S8. The van der Waals surface area contributed by atoms with Gasteiger partial charge in [0, 0.05) is 32.8 Å².